The van der Waals surface area contributed by atoms with Crippen molar-refractivity contribution in [2.75, 3.05) is 17.3 Å². The molecule has 1 aromatic heterocycles. The Bertz CT molecular complexity index is 877. The van der Waals surface area contributed by atoms with Crippen molar-refractivity contribution in [3.05, 3.63) is 44.1 Å². The molecule has 0 spiro atoms. The highest BCUT2D eigenvalue weighted by atomic mass is 16.2. The largest absolute Gasteiger partial charge is 0.346 e. The fourth-order valence-corrected chi connectivity index (χ4v) is 2.76. The van der Waals surface area contributed by atoms with Gasteiger partial charge in [0.1, 0.15) is 11.5 Å². The number of aryl methyl sites for hydroxylation is 2. The Kier molecular flexibility index (Phi) is 2.73. The van der Waals surface area contributed by atoms with Crippen LogP contribution in [-0.2, 0) is 14.1 Å². The van der Waals surface area contributed by atoms with E-state index in [0.717, 1.165) is 21.5 Å². The maximum absolute atomic E-state index is 12.4. The van der Waals surface area contributed by atoms with E-state index < -0.39 is 0 Å². The third kappa shape index (κ3) is 1.72. The van der Waals surface area contributed by atoms with E-state index in [1.165, 1.54) is 17.2 Å². The fourth-order valence-electron chi connectivity index (χ4n) is 2.76. The number of rotatable bonds is 0. The van der Waals surface area contributed by atoms with Gasteiger partial charge >= 0.3 is 5.69 Å². The topological polar surface area (TPSA) is 59.3 Å². The summed E-state index contributed by atoms with van der Waals surface area (Å²) < 4.78 is 2.60. The molecule has 0 unspecified atom stereocenters. The lowest BCUT2D eigenvalue weighted by molar-refractivity contribution is 0.685. The van der Waals surface area contributed by atoms with Crippen molar-refractivity contribution in [3.63, 3.8) is 0 Å². The van der Waals surface area contributed by atoms with E-state index in [1.54, 1.807) is 7.05 Å². The Morgan fingerprint density at radius 3 is 2.24 bits per heavy atom. The highest BCUT2D eigenvalue weighted by molar-refractivity contribution is 5.90. The van der Waals surface area contributed by atoms with Crippen LogP contribution in [0.15, 0.2) is 21.7 Å². The minimum absolute atomic E-state index is 0.316. The standard InChI is InChI=1S/C15H18N4O2/c1-8-6-10-11(7-9(8)2)17(3)13-12(16-10)14(20)19(5)15(21)18(13)4/h6-7,16H,1-5H3. The summed E-state index contributed by atoms with van der Waals surface area (Å²) in [5.74, 6) is 0.582. The summed E-state index contributed by atoms with van der Waals surface area (Å²) >= 11 is 0. The molecule has 6 heteroatoms. The molecule has 0 fully saturated rings. The van der Waals surface area contributed by atoms with Gasteiger partial charge in [-0.25, -0.2) is 4.79 Å². The molecule has 2 aromatic rings. The van der Waals surface area contributed by atoms with Gasteiger partial charge < -0.3 is 10.2 Å². The van der Waals surface area contributed by atoms with Gasteiger partial charge in [-0.15, -0.1) is 0 Å². The number of fused-ring (bicyclic) bond motifs is 2. The average molecular weight is 286 g/mol. The maximum Gasteiger partial charge on any atom is 0.332 e. The summed E-state index contributed by atoms with van der Waals surface area (Å²) in [5, 5.41) is 3.18. The first-order chi connectivity index (χ1) is 9.82. The minimum atomic E-state index is -0.334. The van der Waals surface area contributed by atoms with Gasteiger partial charge in [0, 0.05) is 21.1 Å². The number of hydrogen-bond donors (Lipinski definition) is 1. The Labute approximate surface area is 122 Å². The molecule has 6 nitrogen and oxygen atoms in total. The molecule has 0 amide bonds. The molecule has 0 saturated carbocycles. The molecule has 1 aliphatic heterocycles. The molecule has 1 N–H and O–H groups in total. The molecule has 3 rings (SSSR count). The third-order valence-electron chi connectivity index (χ3n) is 4.18. The van der Waals surface area contributed by atoms with Crippen LogP contribution in [0, 0.1) is 13.8 Å². The zero-order chi connectivity index (χ0) is 15.5. The van der Waals surface area contributed by atoms with Crippen LogP contribution >= 0.6 is 0 Å². The lowest BCUT2D eigenvalue weighted by Crippen LogP contribution is -2.41. The van der Waals surface area contributed by atoms with Crippen LogP contribution in [0.3, 0.4) is 0 Å². The molecule has 2 heterocycles. The molecule has 21 heavy (non-hydrogen) atoms. The molecule has 1 aromatic carbocycles. The van der Waals surface area contributed by atoms with Gasteiger partial charge in [0.15, 0.2) is 0 Å². The molecule has 0 atom stereocenters. The zero-order valence-corrected chi connectivity index (χ0v) is 12.8. The van der Waals surface area contributed by atoms with Gasteiger partial charge in [-0.1, -0.05) is 0 Å². The first-order valence-electron chi connectivity index (χ1n) is 6.75. The smallest absolute Gasteiger partial charge is 0.332 e. The Morgan fingerprint density at radius 1 is 0.952 bits per heavy atom. The van der Waals surface area contributed by atoms with Crippen molar-refractivity contribution in [2.45, 2.75) is 13.8 Å². The summed E-state index contributed by atoms with van der Waals surface area (Å²) in [6.07, 6.45) is 0. The van der Waals surface area contributed by atoms with Gasteiger partial charge in [0.05, 0.1) is 11.4 Å². The molecule has 0 radical (unpaired) electrons. The quantitative estimate of drug-likeness (QED) is 0.798. The fraction of sp³-hybridized carbons (Fsp3) is 0.333. The van der Waals surface area contributed by atoms with Crippen molar-refractivity contribution in [2.24, 2.45) is 14.1 Å². The highest BCUT2D eigenvalue weighted by Gasteiger charge is 2.26. The summed E-state index contributed by atoms with van der Waals surface area (Å²) in [6.45, 7) is 4.08. The first kappa shape index (κ1) is 13.5. The molecule has 110 valence electrons. The highest BCUT2D eigenvalue weighted by Crippen LogP contribution is 2.41. The average Bonchev–Trinajstić information content (AvgIpc) is 2.45. The molecule has 0 saturated heterocycles. The summed E-state index contributed by atoms with van der Waals surface area (Å²) in [7, 11) is 5.03. The van der Waals surface area contributed by atoms with E-state index >= 15 is 0 Å². The monoisotopic (exact) mass is 286 g/mol. The van der Waals surface area contributed by atoms with Gasteiger partial charge in [0.25, 0.3) is 5.56 Å². The first-order valence-corrected chi connectivity index (χ1v) is 6.75. The van der Waals surface area contributed by atoms with Crippen LogP contribution in [0.4, 0.5) is 22.9 Å². The summed E-state index contributed by atoms with van der Waals surface area (Å²) in [4.78, 5) is 26.4. The van der Waals surface area contributed by atoms with Gasteiger partial charge in [-0.3, -0.25) is 13.9 Å². The van der Waals surface area contributed by atoms with Crippen molar-refractivity contribution in [1.82, 2.24) is 9.13 Å². The molecular weight excluding hydrogens is 268 g/mol. The van der Waals surface area contributed by atoms with Crippen molar-refractivity contribution in [1.29, 1.82) is 0 Å². The number of benzene rings is 1. The number of nitrogens with zero attached hydrogens (tertiary/aromatic N) is 3. The zero-order valence-electron chi connectivity index (χ0n) is 12.8. The van der Waals surface area contributed by atoms with Crippen LogP contribution in [0.5, 0.6) is 0 Å². The van der Waals surface area contributed by atoms with Crippen LogP contribution in [0.2, 0.25) is 0 Å². The SMILES string of the molecule is Cc1cc2c(cc1C)N(C)c1c(c(=O)n(C)c(=O)n1C)N2. The van der Waals surface area contributed by atoms with Crippen molar-refractivity contribution < 1.29 is 0 Å². The van der Waals surface area contributed by atoms with E-state index in [4.69, 9.17) is 0 Å². The van der Waals surface area contributed by atoms with Gasteiger partial charge in [-0.05, 0) is 37.1 Å². The van der Waals surface area contributed by atoms with Gasteiger partial charge in [-0.2, -0.15) is 0 Å². The second kappa shape index (κ2) is 4.25. The predicted octanol–water partition coefficient (Wildman–Crippen LogP) is 1.53. The lowest BCUT2D eigenvalue weighted by atomic mass is 10.1. The minimum Gasteiger partial charge on any atom is -0.346 e. The molecular formula is C15H18N4O2. The van der Waals surface area contributed by atoms with Crippen LogP contribution in [-0.4, -0.2) is 16.2 Å². The van der Waals surface area contributed by atoms with Gasteiger partial charge in [0.2, 0.25) is 0 Å². The Balaban J connectivity index is 2.36. The number of anilines is 4. The second-order valence-corrected chi connectivity index (χ2v) is 5.54. The third-order valence-corrected chi connectivity index (χ3v) is 4.18. The van der Waals surface area contributed by atoms with E-state index in [-0.39, 0.29) is 11.2 Å². The second-order valence-electron chi connectivity index (χ2n) is 5.54. The number of hydrogen-bond acceptors (Lipinski definition) is 4. The summed E-state index contributed by atoms with van der Waals surface area (Å²) in [6, 6.07) is 4.08. The van der Waals surface area contributed by atoms with E-state index in [0.29, 0.717) is 11.5 Å². The van der Waals surface area contributed by atoms with Crippen LogP contribution in [0.1, 0.15) is 11.1 Å². The molecule has 0 aliphatic carbocycles. The number of aromatic nitrogens is 2. The number of nitrogens with one attached hydrogen (secondary N) is 1. The predicted molar refractivity (Wildman–Crippen MR) is 84.2 cm³/mol. The van der Waals surface area contributed by atoms with Crippen LogP contribution in [0.25, 0.3) is 0 Å². The molecule has 1 aliphatic rings. The lowest BCUT2D eigenvalue weighted by Gasteiger charge is -2.32. The Morgan fingerprint density at radius 2 is 1.57 bits per heavy atom. The Hall–Kier alpha value is -2.50. The molecule has 0 bridgehead atoms. The maximum atomic E-state index is 12.4. The van der Waals surface area contributed by atoms with E-state index in [9.17, 15) is 9.59 Å². The van der Waals surface area contributed by atoms with Crippen LogP contribution < -0.4 is 21.5 Å². The summed E-state index contributed by atoms with van der Waals surface area (Å²) in [5.41, 5.74) is 3.93. The normalized spacial score (nSPS) is 12.7. The van der Waals surface area contributed by atoms with Crippen molar-refractivity contribution >= 4 is 22.9 Å². The van der Waals surface area contributed by atoms with E-state index in [1.807, 2.05) is 31.9 Å². The van der Waals surface area contributed by atoms with E-state index in [2.05, 4.69) is 11.4 Å². The van der Waals surface area contributed by atoms with Crippen molar-refractivity contribution in [3.8, 4) is 0 Å².